The lowest BCUT2D eigenvalue weighted by Gasteiger charge is -2.37. The molecule has 0 aromatic heterocycles. The number of benzene rings is 3. The highest BCUT2D eigenvalue weighted by Crippen LogP contribution is 2.41. The summed E-state index contributed by atoms with van der Waals surface area (Å²) in [6.45, 7) is 9.14. The fourth-order valence-corrected chi connectivity index (χ4v) is 7.31. The first-order valence-electron chi connectivity index (χ1n) is 20.1. The molecule has 3 aromatic carbocycles. The second-order valence-electron chi connectivity index (χ2n) is 14.8. The number of carbonyl (C=O) groups is 3. The highest BCUT2D eigenvalue weighted by Gasteiger charge is 2.38. The van der Waals surface area contributed by atoms with E-state index in [-0.39, 0.29) is 24.0 Å². The van der Waals surface area contributed by atoms with Gasteiger partial charge in [-0.15, -0.1) is 0 Å². The summed E-state index contributed by atoms with van der Waals surface area (Å²) in [6.07, 6.45) is 3.41. The van der Waals surface area contributed by atoms with E-state index in [1.807, 2.05) is 58.0 Å². The van der Waals surface area contributed by atoms with Crippen LogP contribution in [0.3, 0.4) is 0 Å². The Kier molecular flexibility index (Phi) is 17.4. The third-order valence-electron chi connectivity index (χ3n) is 10.4. The molecule has 1 saturated heterocycles. The average Bonchev–Trinajstić information content (AvgIpc) is 3.23. The Balaban J connectivity index is 1.56. The van der Waals surface area contributed by atoms with E-state index >= 15 is 0 Å². The first-order valence-corrected chi connectivity index (χ1v) is 20.1. The normalized spacial score (nSPS) is 15.1. The molecule has 0 saturated carbocycles. The van der Waals surface area contributed by atoms with Crippen molar-refractivity contribution in [1.82, 2.24) is 10.2 Å². The zero-order chi connectivity index (χ0) is 42.2. The van der Waals surface area contributed by atoms with Crippen molar-refractivity contribution in [3.8, 4) is 34.5 Å². The van der Waals surface area contributed by atoms with E-state index in [9.17, 15) is 14.4 Å². The minimum Gasteiger partial charge on any atom is -0.493 e. The second kappa shape index (κ2) is 22.1. The quantitative estimate of drug-likeness (QED) is 0.103. The molecule has 1 aliphatic rings. The molecule has 1 heterocycles. The number of esters is 1. The number of hydrogen-bond acceptors (Lipinski definition) is 11. The number of piperidine rings is 1. The van der Waals surface area contributed by atoms with Gasteiger partial charge in [0.25, 0.3) is 5.91 Å². The van der Waals surface area contributed by atoms with Crippen LogP contribution in [0.5, 0.6) is 34.5 Å². The molecular formula is C45H62N2O11. The Hall–Kier alpha value is -5.17. The largest absolute Gasteiger partial charge is 0.493 e. The van der Waals surface area contributed by atoms with Crippen LogP contribution >= 0.6 is 0 Å². The highest BCUT2D eigenvalue weighted by atomic mass is 16.5. The predicted molar refractivity (Wildman–Crippen MR) is 220 cm³/mol. The number of hydrogen-bond donors (Lipinski definition) is 1. The monoisotopic (exact) mass is 806 g/mol. The number of aryl methyl sites for hydroxylation is 1. The first kappa shape index (κ1) is 45.5. The van der Waals surface area contributed by atoms with E-state index in [2.05, 4.69) is 5.32 Å². The van der Waals surface area contributed by atoms with Gasteiger partial charge in [-0.1, -0.05) is 25.1 Å². The molecule has 0 spiro atoms. The summed E-state index contributed by atoms with van der Waals surface area (Å²) in [4.78, 5) is 43.1. The van der Waals surface area contributed by atoms with Crippen molar-refractivity contribution in [2.24, 2.45) is 0 Å². The SMILES string of the molecule is CCOC(C)(C)CCNC(=O)COc1cccc([C@@H](CCc2ccc(OC)c(OC)c2)OC(=O)[C@@H]2CCCCN2C(=O)[C@@H](CC)c2cc(OC)c(OC)c(OC)c2)c1. The van der Waals surface area contributed by atoms with Gasteiger partial charge in [0, 0.05) is 19.7 Å². The number of carbonyl (C=O) groups excluding carboxylic acids is 3. The number of nitrogens with zero attached hydrogens (tertiary/aromatic N) is 1. The number of methoxy groups -OCH3 is 5. The van der Waals surface area contributed by atoms with E-state index in [4.69, 9.17) is 37.9 Å². The molecule has 0 radical (unpaired) electrons. The fraction of sp³-hybridized carbons (Fsp3) is 0.533. The van der Waals surface area contributed by atoms with Crippen molar-refractivity contribution >= 4 is 17.8 Å². The van der Waals surface area contributed by atoms with Gasteiger partial charge in [0.1, 0.15) is 17.9 Å². The average molecular weight is 807 g/mol. The first-order chi connectivity index (χ1) is 27.9. The summed E-state index contributed by atoms with van der Waals surface area (Å²) in [5.74, 6) is 1.52. The summed E-state index contributed by atoms with van der Waals surface area (Å²) in [7, 11) is 7.77. The van der Waals surface area contributed by atoms with Gasteiger partial charge < -0.3 is 48.1 Å². The predicted octanol–water partition coefficient (Wildman–Crippen LogP) is 7.22. The van der Waals surface area contributed by atoms with E-state index in [0.717, 1.165) is 18.4 Å². The van der Waals surface area contributed by atoms with Crippen molar-refractivity contribution in [3.63, 3.8) is 0 Å². The van der Waals surface area contributed by atoms with Gasteiger partial charge in [-0.05, 0) is 119 Å². The van der Waals surface area contributed by atoms with Crippen LogP contribution in [0.25, 0.3) is 0 Å². The Morgan fingerprint density at radius 3 is 2.17 bits per heavy atom. The van der Waals surface area contributed by atoms with Crippen LogP contribution in [-0.4, -0.2) is 96.2 Å². The minimum absolute atomic E-state index is 0.171. The van der Waals surface area contributed by atoms with E-state index in [0.29, 0.717) is 97.4 Å². The van der Waals surface area contributed by atoms with Crippen LogP contribution in [0, 0.1) is 0 Å². The third-order valence-corrected chi connectivity index (χ3v) is 10.4. The molecule has 4 rings (SSSR count). The molecule has 58 heavy (non-hydrogen) atoms. The smallest absolute Gasteiger partial charge is 0.329 e. The molecule has 13 heteroatoms. The number of ether oxygens (including phenoxy) is 8. The van der Waals surface area contributed by atoms with Gasteiger partial charge in [0.05, 0.1) is 47.1 Å². The zero-order valence-corrected chi connectivity index (χ0v) is 35.6. The van der Waals surface area contributed by atoms with Crippen molar-refractivity contribution < 1.29 is 52.3 Å². The second-order valence-corrected chi connectivity index (χ2v) is 14.8. The van der Waals surface area contributed by atoms with Crippen molar-refractivity contribution in [1.29, 1.82) is 0 Å². The van der Waals surface area contributed by atoms with Gasteiger partial charge in [-0.2, -0.15) is 0 Å². The van der Waals surface area contributed by atoms with Gasteiger partial charge in [0.2, 0.25) is 11.7 Å². The summed E-state index contributed by atoms with van der Waals surface area (Å²) in [5.41, 5.74) is 2.01. The molecule has 2 amide bonds. The summed E-state index contributed by atoms with van der Waals surface area (Å²) in [5, 5.41) is 2.89. The molecule has 0 bridgehead atoms. The standard InChI is InChI=1S/C45H62N2O11/c1-10-34(32-27-39(53-7)42(55-9)40(28-32)54-8)43(49)47-24-13-12-17-35(47)44(50)58-36(20-18-30-19-21-37(51-5)38(25-30)52-6)31-15-14-16-33(26-31)56-29-41(48)46-23-22-45(3,4)57-11-2/h14-16,19,21,25-28,34-36H,10-13,17-18,20,22-24,29H2,1-9H3,(H,46,48)/t34-,35-,36+/m0/s1. The number of likely N-dealkylation sites (tertiary alicyclic amines) is 1. The highest BCUT2D eigenvalue weighted by molar-refractivity contribution is 5.89. The van der Waals surface area contributed by atoms with Crippen LogP contribution in [0.4, 0.5) is 0 Å². The molecule has 1 fully saturated rings. The molecule has 1 N–H and O–H groups in total. The van der Waals surface area contributed by atoms with E-state index in [1.54, 1.807) is 43.4 Å². The molecule has 3 aromatic rings. The number of nitrogens with one attached hydrogen (secondary N) is 1. The summed E-state index contributed by atoms with van der Waals surface area (Å²) < 4.78 is 45.7. The lowest BCUT2D eigenvalue weighted by molar-refractivity contribution is -0.162. The minimum atomic E-state index is -0.781. The third kappa shape index (κ3) is 12.2. The van der Waals surface area contributed by atoms with Gasteiger partial charge in [-0.3, -0.25) is 9.59 Å². The molecular weight excluding hydrogens is 744 g/mol. The maximum absolute atomic E-state index is 14.4. The van der Waals surface area contributed by atoms with Crippen molar-refractivity contribution in [2.75, 3.05) is 61.9 Å². The van der Waals surface area contributed by atoms with Gasteiger partial charge in [-0.25, -0.2) is 4.79 Å². The topological polar surface area (TPSA) is 140 Å². The Bertz CT molecular complexity index is 1790. The maximum Gasteiger partial charge on any atom is 0.329 e. The lowest BCUT2D eigenvalue weighted by Crippen LogP contribution is -2.50. The van der Waals surface area contributed by atoms with Crippen LogP contribution in [0.1, 0.15) is 94.9 Å². The van der Waals surface area contributed by atoms with Crippen molar-refractivity contribution in [2.45, 2.75) is 96.3 Å². The van der Waals surface area contributed by atoms with E-state index < -0.39 is 24.0 Å². The Morgan fingerprint density at radius 1 is 0.828 bits per heavy atom. The van der Waals surface area contributed by atoms with Crippen LogP contribution in [0.2, 0.25) is 0 Å². The number of amides is 2. The van der Waals surface area contributed by atoms with Gasteiger partial charge in [0.15, 0.2) is 29.6 Å². The number of rotatable bonds is 22. The molecule has 1 aliphatic heterocycles. The molecule has 0 unspecified atom stereocenters. The maximum atomic E-state index is 14.4. The van der Waals surface area contributed by atoms with Crippen molar-refractivity contribution in [3.05, 3.63) is 71.3 Å². The van der Waals surface area contributed by atoms with E-state index in [1.165, 1.54) is 21.3 Å². The fourth-order valence-electron chi connectivity index (χ4n) is 7.31. The molecule has 3 atom stereocenters. The lowest BCUT2D eigenvalue weighted by atomic mass is 9.91. The van der Waals surface area contributed by atoms with Gasteiger partial charge >= 0.3 is 5.97 Å². The molecule has 318 valence electrons. The zero-order valence-electron chi connectivity index (χ0n) is 35.6. The van der Waals surface area contributed by atoms with Crippen LogP contribution < -0.4 is 33.7 Å². The van der Waals surface area contributed by atoms with Crippen LogP contribution in [0.15, 0.2) is 54.6 Å². The molecule has 0 aliphatic carbocycles. The summed E-state index contributed by atoms with van der Waals surface area (Å²) in [6, 6.07) is 15.7. The summed E-state index contributed by atoms with van der Waals surface area (Å²) >= 11 is 0. The Morgan fingerprint density at radius 2 is 1.53 bits per heavy atom. The van der Waals surface area contributed by atoms with Crippen LogP contribution in [-0.2, 0) is 30.3 Å². The Labute approximate surface area is 343 Å². The molecule has 13 nitrogen and oxygen atoms in total.